The second-order valence-corrected chi connectivity index (χ2v) is 6.63. The molecule has 0 saturated heterocycles. The van der Waals surface area contributed by atoms with E-state index < -0.39 is 0 Å². The molecule has 0 unspecified atom stereocenters. The highest BCUT2D eigenvalue weighted by Gasteiger charge is 2.14. The second-order valence-electron chi connectivity index (χ2n) is 6.63. The molecule has 0 fully saturated rings. The van der Waals surface area contributed by atoms with Crippen LogP contribution in [0.3, 0.4) is 0 Å². The quantitative estimate of drug-likeness (QED) is 0.636. The van der Waals surface area contributed by atoms with E-state index in [1.807, 2.05) is 67.8 Å². The monoisotopic (exact) mass is 380 g/mol. The molecule has 28 heavy (non-hydrogen) atoms. The summed E-state index contributed by atoms with van der Waals surface area (Å²) in [7, 11) is 1.59. The molecule has 0 saturated carbocycles. The number of carbonyl (C=O) groups excluding carboxylic acids is 1. The van der Waals surface area contributed by atoms with Gasteiger partial charge in [-0.05, 0) is 56.7 Å². The summed E-state index contributed by atoms with van der Waals surface area (Å²) in [6.07, 6.45) is 5.13. The highest BCUT2D eigenvalue weighted by molar-refractivity contribution is 5.92. The van der Waals surface area contributed by atoms with Gasteiger partial charge in [-0.1, -0.05) is 12.1 Å². The Bertz CT molecular complexity index is 994. The lowest BCUT2D eigenvalue weighted by molar-refractivity contribution is -0.117. The molecule has 7 heteroatoms. The van der Waals surface area contributed by atoms with Gasteiger partial charge in [-0.15, -0.1) is 10.2 Å². The number of pyridine rings is 1. The molecule has 0 aliphatic heterocycles. The van der Waals surface area contributed by atoms with Crippen LogP contribution >= 0.6 is 0 Å². The molecule has 146 valence electrons. The number of nitrogens with zero attached hydrogens (tertiary/aromatic N) is 3. The van der Waals surface area contributed by atoms with Crippen LogP contribution in [0.2, 0.25) is 0 Å². The van der Waals surface area contributed by atoms with Crippen LogP contribution in [0.25, 0.3) is 11.7 Å². The average Bonchev–Trinajstić information content (AvgIpc) is 3.11. The number of nitrogens with one attached hydrogen (secondary N) is 1. The summed E-state index contributed by atoms with van der Waals surface area (Å²) in [6.45, 7) is 5.78. The van der Waals surface area contributed by atoms with Gasteiger partial charge in [-0.25, -0.2) is 0 Å². The van der Waals surface area contributed by atoms with Crippen molar-refractivity contribution in [3.05, 3.63) is 60.1 Å². The number of hydrogen-bond donors (Lipinski definition) is 1. The molecule has 3 aromatic rings. The third kappa shape index (κ3) is 4.49. The van der Waals surface area contributed by atoms with E-state index in [2.05, 4.69) is 15.5 Å². The summed E-state index contributed by atoms with van der Waals surface area (Å²) in [5.74, 6) is 1.75. The number of amides is 1. The SMILES string of the molecule is COc1cc(/C=C/C(=O)N[C@@H](C)c2nnc3ccccn23)ccc1OC(C)C. The minimum atomic E-state index is -0.286. The molecule has 1 amide bonds. The van der Waals surface area contributed by atoms with Crippen LogP contribution in [0.15, 0.2) is 48.7 Å². The minimum Gasteiger partial charge on any atom is -0.493 e. The summed E-state index contributed by atoms with van der Waals surface area (Å²) < 4.78 is 12.9. The predicted octanol–water partition coefficient (Wildman–Crippen LogP) is 3.42. The third-order valence-electron chi connectivity index (χ3n) is 4.06. The Morgan fingerprint density at radius 1 is 1.14 bits per heavy atom. The maximum atomic E-state index is 12.3. The van der Waals surface area contributed by atoms with Gasteiger partial charge in [0.1, 0.15) is 0 Å². The van der Waals surface area contributed by atoms with Crippen molar-refractivity contribution in [2.75, 3.05) is 7.11 Å². The van der Waals surface area contributed by atoms with Crippen LogP contribution in [0.4, 0.5) is 0 Å². The molecule has 1 N–H and O–H groups in total. The first-order valence-corrected chi connectivity index (χ1v) is 9.11. The maximum Gasteiger partial charge on any atom is 0.244 e. The van der Waals surface area contributed by atoms with E-state index in [-0.39, 0.29) is 18.1 Å². The van der Waals surface area contributed by atoms with Crippen molar-refractivity contribution in [1.82, 2.24) is 19.9 Å². The Morgan fingerprint density at radius 2 is 1.96 bits per heavy atom. The van der Waals surface area contributed by atoms with Crippen molar-refractivity contribution in [1.29, 1.82) is 0 Å². The molecule has 0 spiro atoms. The highest BCUT2D eigenvalue weighted by atomic mass is 16.5. The first kappa shape index (κ1) is 19.4. The van der Waals surface area contributed by atoms with E-state index in [9.17, 15) is 4.79 Å². The standard InChI is InChI=1S/C21H24N4O3/c1-14(2)28-17-10-8-16(13-18(17)27-4)9-11-20(26)22-15(3)21-24-23-19-7-5-6-12-25(19)21/h5-15H,1-4H3,(H,22,26)/b11-9+/t15-/m0/s1. The van der Waals surface area contributed by atoms with Crippen LogP contribution in [0.1, 0.15) is 38.2 Å². The van der Waals surface area contributed by atoms with E-state index in [1.165, 1.54) is 6.08 Å². The van der Waals surface area contributed by atoms with Gasteiger partial charge in [0.15, 0.2) is 23.0 Å². The van der Waals surface area contributed by atoms with Crippen molar-refractivity contribution in [2.24, 2.45) is 0 Å². The fraction of sp³-hybridized carbons (Fsp3) is 0.286. The molecule has 1 aromatic carbocycles. The van der Waals surface area contributed by atoms with Crippen molar-refractivity contribution >= 4 is 17.6 Å². The molecule has 2 heterocycles. The lowest BCUT2D eigenvalue weighted by Gasteiger charge is -2.13. The molecule has 0 aliphatic carbocycles. The topological polar surface area (TPSA) is 77.8 Å². The Labute approximate surface area is 164 Å². The van der Waals surface area contributed by atoms with E-state index >= 15 is 0 Å². The van der Waals surface area contributed by atoms with E-state index in [0.29, 0.717) is 17.3 Å². The Kier molecular flexibility index (Phi) is 5.93. The summed E-state index contributed by atoms with van der Waals surface area (Å²) in [4.78, 5) is 12.3. The molecule has 7 nitrogen and oxygen atoms in total. The van der Waals surface area contributed by atoms with E-state index in [1.54, 1.807) is 13.2 Å². The molecule has 2 aromatic heterocycles. The van der Waals surface area contributed by atoms with Crippen molar-refractivity contribution in [2.45, 2.75) is 32.9 Å². The number of hydrogen-bond acceptors (Lipinski definition) is 5. The van der Waals surface area contributed by atoms with Crippen LogP contribution in [-0.4, -0.2) is 33.7 Å². The molecule has 0 bridgehead atoms. The predicted molar refractivity (Wildman–Crippen MR) is 107 cm³/mol. The van der Waals surface area contributed by atoms with Crippen LogP contribution in [0.5, 0.6) is 11.5 Å². The number of rotatable bonds is 7. The average molecular weight is 380 g/mol. The molecule has 3 rings (SSSR count). The number of benzene rings is 1. The number of aromatic nitrogens is 3. The fourth-order valence-corrected chi connectivity index (χ4v) is 2.79. The van der Waals surface area contributed by atoms with Gasteiger partial charge in [0, 0.05) is 12.3 Å². The van der Waals surface area contributed by atoms with Gasteiger partial charge in [0.25, 0.3) is 0 Å². The van der Waals surface area contributed by atoms with Gasteiger partial charge in [-0.2, -0.15) is 0 Å². The zero-order valence-corrected chi connectivity index (χ0v) is 16.4. The highest BCUT2D eigenvalue weighted by Crippen LogP contribution is 2.29. The maximum absolute atomic E-state index is 12.3. The number of fused-ring (bicyclic) bond motifs is 1. The van der Waals surface area contributed by atoms with Gasteiger partial charge in [-0.3, -0.25) is 9.20 Å². The summed E-state index contributed by atoms with van der Waals surface area (Å²) >= 11 is 0. The Balaban J connectivity index is 1.68. The van der Waals surface area contributed by atoms with Crippen LogP contribution in [-0.2, 0) is 4.79 Å². The first-order chi connectivity index (χ1) is 13.5. The molecule has 1 atom stereocenters. The van der Waals surface area contributed by atoms with Crippen LogP contribution in [0, 0.1) is 0 Å². The van der Waals surface area contributed by atoms with E-state index in [4.69, 9.17) is 9.47 Å². The Morgan fingerprint density at radius 3 is 2.71 bits per heavy atom. The first-order valence-electron chi connectivity index (χ1n) is 9.11. The molecule has 0 aliphatic rings. The molecular formula is C21H24N4O3. The van der Waals surface area contributed by atoms with Gasteiger partial charge in [0.05, 0.1) is 19.3 Å². The Hall–Kier alpha value is -3.35. The lowest BCUT2D eigenvalue weighted by atomic mass is 10.2. The third-order valence-corrected chi connectivity index (χ3v) is 4.06. The minimum absolute atomic E-state index is 0.0517. The number of methoxy groups -OCH3 is 1. The lowest BCUT2D eigenvalue weighted by Crippen LogP contribution is -2.26. The molecular weight excluding hydrogens is 356 g/mol. The number of carbonyl (C=O) groups is 1. The van der Waals surface area contributed by atoms with Gasteiger partial charge < -0.3 is 14.8 Å². The second kappa shape index (κ2) is 8.56. The zero-order valence-electron chi connectivity index (χ0n) is 16.4. The largest absolute Gasteiger partial charge is 0.493 e. The number of ether oxygens (including phenoxy) is 2. The normalized spacial score (nSPS) is 12.5. The van der Waals surface area contributed by atoms with Crippen LogP contribution < -0.4 is 14.8 Å². The van der Waals surface area contributed by atoms with Gasteiger partial charge >= 0.3 is 0 Å². The zero-order chi connectivity index (χ0) is 20.1. The van der Waals surface area contributed by atoms with Crippen molar-refractivity contribution in [3.63, 3.8) is 0 Å². The summed E-state index contributed by atoms with van der Waals surface area (Å²) in [5.41, 5.74) is 1.58. The summed E-state index contributed by atoms with van der Waals surface area (Å²) in [6, 6.07) is 10.9. The summed E-state index contributed by atoms with van der Waals surface area (Å²) in [5, 5.41) is 11.2. The van der Waals surface area contributed by atoms with E-state index in [0.717, 1.165) is 11.2 Å². The smallest absolute Gasteiger partial charge is 0.244 e. The van der Waals surface area contributed by atoms with Gasteiger partial charge in [0.2, 0.25) is 5.91 Å². The van der Waals surface area contributed by atoms with Crippen molar-refractivity contribution in [3.8, 4) is 11.5 Å². The molecule has 0 radical (unpaired) electrons. The fourth-order valence-electron chi connectivity index (χ4n) is 2.79. The van der Waals surface area contributed by atoms with Crippen molar-refractivity contribution < 1.29 is 14.3 Å².